The van der Waals surface area contributed by atoms with Gasteiger partial charge in [0.25, 0.3) is 11.6 Å². The van der Waals surface area contributed by atoms with Crippen LogP contribution in [0.1, 0.15) is 123 Å². The molecule has 266 valence electrons. The fourth-order valence-electron chi connectivity index (χ4n) is 4.57. The molecule has 1 fully saturated rings. The Bertz CT molecular complexity index is 1040. The second kappa shape index (κ2) is 30.9. The zero-order valence-electron chi connectivity index (χ0n) is 29.0. The smallest absolute Gasteiger partial charge is 0.306 e. The van der Waals surface area contributed by atoms with Crippen molar-refractivity contribution >= 4 is 24.3 Å². The largest absolute Gasteiger partial charge is 0.493 e. The Labute approximate surface area is 281 Å². The van der Waals surface area contributed by atoms with E-state index in [9.17, 15) is 24.5 Å². The maximum Gasteiger partial charge on any atom is 0.306 e. The van der Waals surface area contributed by atoms with Crippen LogP contribution in [0.5, 0.6) is 11.5 Å². The maximum atomic E-state index is 11.6. The van der Waals surface area contributed by atoms with Gasteiger partial charge in [-0.25, -0.2) is 0 Å². The lowest BCUT2D eigenvalue weighted by molar-refractivity contribution is -0.757. The minimum atomic E-state index is -0.909. The summed E-state index contributed by atoms with van der Waals surface area (Å²) in [4.78, 5) is 47.3. The van der Waals surface area contributed by atoms with Crippen LogP contribution in [0.15, 0.2) is 36.4 Å². The van der Waals surface area contributed by atoms with Crippen LogP contribution in [0.25, 0.3) is 6.08 Å². The maximum absolute atomic E-state index is 11.6. The highest BCUT2D eigenvalue weighted by atomic mass is 16.9. The number of methoxy groups -OCH3 is 1. The van der Waals surface area contributed by atoms with Gasteiger partial charge < -0.3 is 24.4 Å². The molecule has 2 rings (SSSR count). The molecule has 47 heavy (non-hydrogen) atoms. The first kappa shape index (κ1) is 43.3. The van der Waals surface area contributed by atoms with Gasteiger partial charge in [-0.2, -0.15) is 0 Å². The topological polar surface area (TPSA) is 143 Å². The molecule has 1 unspecified atom stereocenters. The third kappa shape index (κ3) is 26.1. The fourth-order valence-corrected chi connectivity index (χ4v) is 4.57. The zero-order chi connectivity index (χ0) is 35.0. The molecule has 1 aromatic rings. The first-order valence-corrected chi connectivity index (χ1v) is 17.0. The molecule has 11 heteroatoms. The second-order valence-corrected chi connectivity index (χ2v) is 11.1. The first-order chi connectivity index (χ1) is 22.8. The summed E-state index contributed by atoms with van der Waals surface area (Å²) in [6.07, 6.45) is 23.3. The van der Waals surface area contributed by atoms with Gasteiger partial charge >= 0.3 is 5.97 Å². The number of ether oxygens (including phenoxy) is 3. The van der Waals surface area contributed by atoms with Gasteiger partial charge in [0.05, 0.1) is 13.7 Å². The van der Waals surface area contributed by atoms with Crippen molar-refractivity contribution in [3.8, 4) is 11.5 Å². The number of carbonyl (C=O) groups excluding carboxylic acids is 3. The number of nitrogens with zero attached hydrogens (tertiary/aromatic N) is 1. The third-order valence-corrected chi connectivity index (χ3v) is 7.19. The lowest BCUT2D eigenvalue weighted by Crippen LogP contribution is -2.22. The van der Waals surface area contributed by atoms with Crippen LogP contribution in [0.4, 0.5) is 0 Å². The summed E-state index contributed by atoms with van der Waals surface area (Å²) in [5, 5.41) is 12.5. The Morgan fingerprint density at radius 2 is 1.77 bits per heavy atom. The second-order valence-electron chi connectivity index (χ2n) is 11.1. The van der Waals surface area contributed by atoms with E-state index in [1.54, 1.807) is 30.4 Å². The molecule has 1 aliphatic heterocycles. The Kier molecular flexibility index (Phi) is 28.4. The van der Waals surface area contributed by atoms with Gasteiger partial charge in [-0.1, -0.05) is 76.7 Å². The molecule has 11 nitrogen and oxygen atoms in total. The molecule has 1 aromatic carbocycles. The van der Waals surface area contributed by atoms with E-state index in [4.69, 9.17) is 14.2 Å². The van der Waals surface area contributed by atoms with Gasteiger partial charge in [-0.15, -0.1) is 10.1 Å². The standard InChI is InChI=1S/C15H17NO8.C14H27NO.C7H14/c1-21-14-10-12(6-7-13(14)23-11-17)4-2-8-22-15(18)5-3-9-24-16(19)20;1-2-3-4-5-6-9-14(16)11-10-13-8-7-12-15-13;1-3-5-7-6-4-2/h2,4,6-7,10-11H,3,5,8-9H2,1H3;13,15H,2-12H2,1H3;3,5H,4,6-7H2,1-2H3/b4-2+;;5-3-. The van der Waals surface area contributed by atoms with E-state index in [1.807, 2.05) is 0 Å². The number of esters is 1. The van der Waals surface area contributed by atoms with Gasteiger partial charge in [0.2, 0.25) is 0 Å². The van der Waals surface area contributed by atoms with Crippen molar-refractivity contribution in [3.63, 3.8) is 0 Å². The summed E-state index contributed by atoms with van der Waals surface area (Å²) in [6, 6.07) is 5.57. The Morgan fingerprint density at radius 3 is 2.40 bits per heavy atom. The van der Waals surface area contributed by atoms with E-state index in [2.05, 4.69) is 43.1 Å². The minimum Gasteiger partial charge on any atom is -0.493 e. The number of carbonyl (C=O) groups is 3. The molecule has 0 amide bonds. The Balaban J connectivity index is 0.000000786. The van der Waals surface area contributed by atoms with Crippen molar-refractivity contribution in [1.82, 2.24) is 5.32 Å². The van der Waals surface area contributed by atoms with Crippen LogP contribution in [0.3, 0.4) is 0 Å². The molecule has 1 aliphatic rings. The lowest BCUT2D eigenvalue weighted by atomic mass is 10.0. The van der Waals surface area contributed by atoms with Crippen molar-refractivity contribution in [2.75, 3.05) is 26.9 Å². The number of rotatable bonds is 23. The highest BCUT2D eigenvalue weighted by Crippen LogP contribution is 2.28. The number of hydrogen-bond donors (Lipinski definition) is 1. The summed E-state index contributed by atoms with van der Waals surface area (Å²) in [5.41, 5.74) is 0.764. The minimum absolute atomic E-state index is 0.0350. The molecule has 0 aliphatic carbocycles. The van der Waals surface area contributed by atoms with E-state index in [0.717, 1.165) is 37.8 Å². The molecule has 0 saturated carbocycles. The molecule has 0 aromatic heterocycles. The number of unbranched alkanes of at least 4 members (excludes halogenated alkanes) is 6. The third-order valence-electron chi connectivity index (χ3n) is 7.19. The van der Waals surface area contributed by atoms with E-state index < -0.39 is 11.1 Å². The van der Waals surface area contributed by atoms with Crippen molar-refractivity contribution in [2.24, 2.45) is 0 Å². The lowest BCUT2D eigenvalue weighted by Gasteiger charge is -2.08. The number of hydrogen-bond acceptors (Lipinski definition) is 10. The highest BCUT2D eigenvalue weighted by Gasteiger charge is 2.15. The van der Waals surface area contributed by atoms with Crippen LogP contribution >= 0.6 is 0 Å². The quantitative estimate of drug-likeness (QED) is 0.0306. The molecule has 0 radical (unpaired) electrons. The normalized spacial score (nSPS) is 13.7. The summed E-state index contributed by atoms with van der Waals surface area (Å²) in [5.74, 6) is 0.698. The van der Waals surface area contributed by atoms with Crippen LogP contribution < -0.4 is 14.8 Å². The van der Waals surface area contributed by atoms with Crippen molar-refractivity contribution in [1.29, 1.82) is 0 Å². The van der Waals surface area contributed by atoms with Crippen LogP contribution in [-0.4, -0.2) is 56.2 Å². The number of Topliss-reactive ketones (excluding diaryl/α,β-unsaturated/α-hetero) is 1. The summed E-state index contributed by atoms with van der Waals surface area (Å²) in [7, 11) is 1.45. The first-order valence-electron chi connectivity index (χ1n) is 17.0. The van der Waals surface area contributed by atoms with Gasteiger partial charge in [-0.05, 0) is 75.8 Å². The predicted octanol–water partition coefficient (Wildman–Crippen LogP) is 7.98. The van der Waals surface area contributed by atoms with Crippen molar-refractivity contribution in [3.05, 3.63) is 52.1 Å². The molecule has 1 N–H and O–H groups in total. The zero-order valence-corrected chi connectivity index (χ0v) is 29.0. The number of ketones is 1. The van der Waals surface area contributed by atoms with Crippen LogP contribution in [0, 0.1) is 10.1 Å². The summed E-state index contributed by atoms with van der Waals surface area (Å²) >= 11 is 0. The number of allylic oxidation sites excluding steroid dienone is 2. The van der Waals surface area contributed by atoms with E-state index in [1.165, 1.54) is 64.9 Å². The molecule has 0 bridgehead atoms. The number of nitrogens with one attached hydrogen (secondary N) is 1. The van der Waals surface area contributed by atoms with E-state index in [-0.39, 0.29) is 26.1 Å². The summed E-state index contributed by atoms with van der Waals surface area (Å²) in [6.45, 7) is 7.87. The van der Waals surface area contributed by atoms with Gasteiger partial charge in [0, 0.05) is 25.3 Å². The van der Waals surface area contributed by atoms with Gasteiger partial charge in [0.1, 0.15) is 12.4 Å². The average molecular weight is 663 g/mol. The van der Waals surface area contributed by atoms with E-state index in [0.29, 0.717) is 29.8 Å². The van der Waals surface area contributed by atoms with Gasteiger partial charge in [-0.3, -0.25) is 14.4 Å². The molecule has 1 saturated heterocycles. The summed E-state index contributed by atoms with van der Waals surface area (Å²) < 4.78 is 14.8. The fraction of sp³-hybridized carbons (Fsp3) is 0.639. The Hall–Kier alpha value is -3.73. The molecule has 1 atom stereocenters. The molecule has 1 heterocycles. The molecule has 0 spiro atoms. The number of benzene rings is 1. The van der Waals surface area contributed by atoms with E-state index >= 15 is 0 Å². The Morgan fingerprint density at radius 1 is 1.00 bits per heavy atom. The van der Waals surface area contributed by atoms with Crippen LogP contribution in [-0.2, 0) is 24.0 Å². The van der Waals surface area contributed by atoms with Crippen LogP contribution in [0.2, 0.25) is 0 Å². The highest BCUT2D eigenvalue weighted by molar-refractivity contribution is 5.78. The van der Waals surface area contributed by atoms with Crippen molar-refractivity contribution < 1.29 is 38.5 Å². The predicted molar refractivity (Wildman–Crippen MR) is 185 cm³/mol. The molecular weight excluding hydrogens is 604 g/mol. The molecular formula is C36H58N2O9. The SMILES string of the molecule is C/C=C\CCCC.CCCCCCCC(=O)CCC1CCCN1.COc1cc(/C=C/COC(=O)CCCO[N+](=O)[O-])ccc1OC=O. The van der Waals surface area contributed by atoms with Gasteiger partial charge in [0.15, 0.2) is 11.5 Å². The van der Waals surface area contributed by atoms with Crippen molar-refractivity contribution in [2.45, 2.75) is 123 Å². The monoisotopic (exact) mass is 662 g/mol. The average Bonchev–Trinajstić information content (AvgIpc) is 3.59.